The first-order valence-electron chi connectivity index (χ1n) is 9.32. The molecule has 0 amide bonds. The third-order valence-electron chi connectivity index (χ3n) is 5.89. The topological polar surface area (TPSA) is 52.7 Å². The van der Waals surface area contributed by atoms with Crippen LogP contribution in [-0.4, -0.2) is 48.3 Å². The molecular weight excluding hydrogens is 437 g/mol. The van der Waals surface area contributed by atoms with Crippen LogP contribution in [0.4, 0.5) is 11.4 Å². The zero-order chi connectivity index (χ0) is 18.3. The number of nitrogens with two attached hydrogens (primary N) is 1. The van der Waals surface area contributed by atoms with Gasteiger partial charge in [0.1, 0.15) is 0 Å². The Kier molecular flexibility index (Phi) is 5.12. The molecule has 1 aliphatic heterocycles. The second-order valence-electron chi connectivity index (χ2n) is 7.48. The van der Waals surface area contributed by atoms with Crippen LogP contribution in [0.25, 0.3) is 0 Å². The van der Waals surface area contributed by atoms with Gasteiger partial charge in [0.05, 0.1) is 6.10 Å². The van der Waals surface area contributed by atoms with Crippen molar-refractivity contribution in [2.75, 3.05) is 36.8 Å². The summed E-state index contributed by atoms with van der Waals surface area (Å²) < 4.78 is 1.28. The maximum atomic E-state index is 10.7. The first-order valence-corrected chi connectivity index (χ1v) is 10.4. The van der Waals surface area contributed by atoms with Crippen molar-refractivity contribution in [3.05, 3.63) is 56.7 Å². The van der Waals surface area contributed by atoms with E-state index in [1.165, 1.54) is 25.9 Å². The lowest BCUT2D eigenvalue weighted by molar-refractivity contribution is 0.0396. The molecule has 3 N–H and O–H groups in total. The van der Waals surface area contributed by atoms with E-state index in [0.717, 1.165) is 38.3 Å². The van der Waals surface area contributed by atoms with Crippen molar-refractivity contribution in [2.45, 2.75) is 31.9 Å². The number of aliphatic hydroxyl groups excluding tert-OH is 1. The number of nitrogens with zero attached hydrogens (tertiary/aromatic N) is 2. The molecule has 4 rings (SSSR count). The van der Waals surface area contributed by atoms with Gasteiger partial charge in [0.25, 0.3) is 0 Å². The van der Waals surface area contributed by atoms with E-state index in [1.54, 1.807) is 0 Å². The maximum absolute atomic E-state index is 10.7. The van der Waals surface area contributed by atoms with Crippen LogP contribution in [-0.2, 0) is 12.8 Å². The maximum Gasteiger partial charge on any atom is 0.0739 e. The minimum atomic E-state index is -0.310. The van der Waals surface area contributed by atoms with E-state index in [-0.39, 0.29) is 12.1 Å². The molecule has 138 valence electrons. The number of rotatable bonds is 2. The van der Waals surface area contributed by atoms with Gasteiger partial charge in [-0.1, -0.05) is 18.2 Å². The Labute approximate surface area is 169 Å². The highest BCUT2D eigenvalue weighted by Gasteiger charge is 2.34. The minimum Gasteiger partial charge on any atom is -0.398 e. The number of piperazine rings is 1. The van der Waals surface area contributed by atoms with E-state index in [4.69, 9.17) is 5.73 Å². The van der Waals surface area contributed by atoms with Crippen LogP contribution < -0.4 is 10.6 Å². The number of halogens is 1. The Balaban J connectivity index is 1.46. The predicted octanol–water partition coefficient (Wildman–Crippen LogP) is 2.83. The summed E-state index contributed by atoms with van der Waals surface area (Å²) in [5, 5.41) is 10.7. The fourth-order valence-electron chi connectivity index (χ4n) is 4.39. The van der Waals surface area contributed by atoms with Gasteiger partial charge >= 0.3 is 0 Å². The molecule has 2 unspecified atom stereocenters. The Bertz CT molecular complexity index is 802. The van der Waals surface area contributed by atoms with Crippen LogP contribution in [0.5, 0.6) is 0 Å². The van der Waals surface area contributed by atoms with E-state index in [1.807, 2.05) is 12.1 Å². The number of anilines is 2. The summed E-state index contributed by atoms with van der Waals surface area (Å²) in [6.07, 6.45) is 1.25. The van der Waals surface area contributed by atoms with Crippen LogP contribution in [0, 0.1) is 10.5 Å². The molecule has 0 spiro atoms. The van der Waals surface area contributed by atoms with E-state index in [9.17, 15) is 5.11 Å². The van der Waals surface area contributed by atoms with E-state index in [2.05, 4.69) is 63.6 Å². The average Bonchev–Trinajstić information content (AvgIpc) is 2.64. The standard InChI is InChI=1S/C21H26IN3O/c1-14-5-6-16(22)12-19(14)24-7-9-25(10-8-24)20-13-17-15(11-21(20)26)3-2-4-18(17)23/h2-6,12,20-21,26H,7-11,13,23H2,1H3. The smallest absolute Gasteiger partial charge is 0.0739 e. The van der Waals surface area contributed by atoms with Crippen molar-refractivity contribution >= 4 is 34.0 Å². The van der Waals surface area contributed by atoms with Crippen LogP contribution >= 0.6 is 22.6 Å². The van der Waals surface area contributed by atoms with Crippen molar-refractivity contribution in [3.8, 4) is 0 Å². The normalized spacial score (nSPS) is 23.7. The molecule has 5 heteroatoms. The van der Waals surface area contributed by atoms with E-state index in [0.29, 0.717) is 6.42 Å². The van der Waals surface area contributed by atoms with Crippen molar-refractivity contribution in [1.29, 1.82) is 0 Å². The molecule has 1 heterocycles. The second kappa shape index (κ2) is 7.37. The molecule has 2 atom stereocenters. The number of hydrogen-bond donors (Lipinski definition) is 2. The fourth-order valence-corrected chi connectivity index (χ4v) is 4.87. The lowest BCUT2D eigenvalue weighted by Crippen LogP contribution is -2.56. The predicted molar refractivity (Wildman–Crippen MR) is 116 cm³/mol. The van der Waals surface area contributed by atoms with Gasteiger partial charge in [0.2, 0.25) is 0 Å². The molecule has 1 fully saturated rings. The summed E-state index contributed by atoms with van der Waals surface area (Å²) >= 11 is 2.38. The number of fused-ring (bicyclic) bond motifs is 1. The van der Waals surface area contributed by atoms with Crippen LogP contribution in [0.2, 0.25) is 0 Å². The lowest BCUT2D eigenvalue weighted by Gasteiger charge is -2.44. The van der Waals surface area contributed by atoms with Crippen LogP contribution in [0.15, 0.2) is 36.4 Å². The van der Waals surface area contributed by atoms with E-state index >= 15 is 0 Å². The summed E-state index contributed by atoms with van der Waals surface area (Å²) in [5.74, 6) is 0. The summed E-state index contributed by atoms with van der Waals surface area (Å²) in [6, 6.07) is 12.9. The zero-order valence-corrected chi connectivity index (χ0v) is 17.3. The minimum absolute atomic E-state index is 0.173. The van der Waals surface area contributed by atoms with Crippen molar-refractivity contribution < 1.29 is 5.11 Å². The van der Waals surface area contributed by atoms with Gasteiger partial charge in [-0.15, -0.1) is 0 Å². The zero-order valence-electron chi connectivity index (χ0n) is 15.2. The first-order chi connectivity index (χ1) is 12.5. The lowest BCUT2D eigenvalue weighted by atomic mass is 9.84. The Hall–Kier alpha value is -1.31. The molecule has 0 radical (unpaired) electrons. The SMILES string of the molecule is Cc1ccc(I)cc1N1CCN(C2Cc3c(N)cccc3CC2O)CC1. The van der Waals surface area contributed by atoms with Gasteiger partial charge in [-0.3, -0.25) is 4.90 Å². The summed E-state index contributed by atoms with van der Waals surface area (Å²) in [6.45, 7) is 6.15. The molecule has 0 aromatic heterocycles. The quantitative estimate of drug-likeness (QED) is 0.532. The molecule has 2 aromatic rings. The van der Waals surface area contributed by atoms with Gasteiger partial charge in [0, 0.05) is 53.6 Å². The van der Waals surface area contributed by atoms with Crippen molar-refractivity contribution in [3.63, 3.8) is 0 Å². The highest BCUT2D eigenvalue weighted by molar-refractivity contribution is 14.1. The molecule has 2 aromatic carbocycles. The number of nitrogen functional groups attached to an aromatic ring is 1. The van der Waals surface area contributed by atoms with Crippen molar-refractivity contribution in [2.24, 2.45) is 0 Å². The molecular formula is C21H26IN3O. The van der Waals surface area contributed by atoms with E-state index < -0.39 is 0 Å². The average molecular weight is 463 g/mol. The first kappa shape index (κ1) is 18.1. The number of benzene rings is 2. The monoisotopic (exact) mass is 463 g/mol. The van der Waals surface area contributed by atoms with Gasteiger partial charge in [-0.2, -0.15) is 0 Å². The van der Waals surface area contributed by atoms with Crippen molar-refractivity contribution in [1.82, 2.24) is 4.90 Å². The third-order valence-corrected chi connectivity index (χ3v) is 6.56. The summed E-state index contributed by atoms with van der Waals surface area (Å²) in [4.78, 5) is 4.94. The van der Waals surface area contributed by atoms with Gasteiger partial charge in [0.15, 0.2) is 0 Å². The van der Waals surface area contributed by atoms with Crippen LogP contribution in [0.1, 0.15) is 16.7 Å². The molecule has 0 bridgehead atoms. The highest BCUT2D eigenvalue weighted by Crippen LogP contribution is 2.30. The Morgan fingerprint density at radius 2 is 1.85 bits per heavy atom. The second-order valence-corrected chi connectivity index (χ2v) is 8.73. The molecule has 2 aliphatic rings. The van der Waals surface area contributed by atoms with Gasteiger partial charge in [-0.05, 0) is 70.8 Å². The largest absolute Gasteiger partial charge is 0.398 e. The van der Waals surface area contributed by atoms with Crippen LogP contribution in [0.3, 0.4) is 0 Å². The number of aliphatic hydroxyl groups is 1. The molecule has 1 aliphatic carbocycles. The summed E-state index contributed by atoms with van der Waals surface area (Å²) in [7, 11) is 0. The molecule has 4 nitrogen and oxygen atoms in total. The molecule has 26 heavy (non-hydrogen) atoms. The fraction of sp³-hybridized carbons (Fsp3) is 0.429. The van der Waals surface area contributed by atoms with Gasteiger partial charge < -0.3 is 15.7 Å². The highest BCUT2D eigenvalue weighted by atomic mass is 127. The number of hydrogen-bond acceptors (Lipinski definition) is 4. The third kappa shape index (κ3) is 3.44. The number of aryl methyl sites for hydroxylation is 1. The molecule has 0 saturated carbocycles. The molecule has 1 saturated heterocycles. The van der Waals surface area contributed by atoms with Gasteiger partial charge in [-0.25, -0.2) is 0 Å². The Morgan fingerprint density at radius 3 is 2.62 bits per heavy atom. The Morgan fingerprint density at radius 1 is 1.08 bits per heavy atom. The summed E-state index contributed by atoms with van der Waals surface area (Å²) in [5.41, 5.74) is 12.2.